The van der Waals surface area contributed by atoms with E-state index in [0.717, 1.165) is 9.33 Å². The molecule has 0 N–H and O–H groups in total. The molecule has 1 unspecified atom stereocenters. The summed E-state index contributed by atoms with van der Waals surface area (Å²) in [5.41, 5.74) is 1.39. The van der Waals surface area contributed by atoms with E-state index in [1.165, 1.54) is 11.3 Å². The van der Waals surface area contributed by atoms with E-state index < -0.39 is 12.0 Å². The maximum Gasteiger partial charge on any atom is 0.338 e. The van der Waals surface area contributed by atoms with Gasteiger partial charge in [0.05, 0.1) is 35.6 Å². The molecule has 0 bridgehead atoms. The molecule has 0 amide bonds. The first kappa shape index (κ1) is 21.6. The molecule has 0 saturated carbocycles. The number of methoxy groups -OCH3 is 1. The Morgan fingerprint density at radius 3 is 2.65 bits per heavy atom. The molecular weight excluding hydrogens is 531 g/mol. The van der Waals surface area contributed by atoms with Gasteiger partial charge in [-0.1, -0.05) is 23.5 Å². The summed E-state index contributed by atoms with van der Waals surface area (Å²) in [6.45, 7) is 3.73. The lowest BCUT2D eigenvalue weighted by molar-refractivity contribution is -0.139. The van der Waals surface area contributed by atoms with Crippen molar-refractivity contribution in [1.82, 2.24) is 4.57 Å². The van der Waals surface area contributed by atoms with E-state index >= 15 is 0 Å². The standard InChI is InChI=1S/C22H19IN2O5S/c1-4-29-21(27)18-12(2)24-22-25(19(18)13-5-7-14(28-3)8-6-13)20(26)16(31-22)11-15-9-10-17(23)30-15/h5-11,19H,4H2,1-3H3. The van der Waals surface area contributed by atoms with E-state index in [4.69, 9.17) is 13.9 Å². The van der Waals surface area contributed by atoms with Crippen LogP contribution in [-0.4, -0.2) is 24.3 Å². The third kappa shape index (κ3) is 4.11. The molecule has 0 radical (unpaired) electrons. The minimum atomic E-state index is -0.653. The molecule has 1 aromatic carbocycles. The molecule has 2 aromatic heterocycles. The molecule has 1 atom stereocenters. The number of ether oxygens (including phenoxy) is 2. The molecule has 0 spiro atoms. The Hall–Kier alpha value is -2.66. The smallest absolute Gasteiger partial charge is 0.338 e. The number of aromatic nitrogens is 1. The summed E-state index contributed by atoms with van der Waals surface area (Å²) < 4.78 is 18.9. The van der Waals surface area contributed by atoms with Crippen molar-refractivity contribution in [2.24, 2.45) is 4.99 Å². The fourth-order valence-corrected chi connectivity index (χ4v) is 4.89. The van der Waals surface area contributed by atoms with Crippen molar-refractivity contribution in [3.05, 3.63) is 82.4 Å². The number of esters is 1. The van der Waals surface area contributed by atoms with Crippen molar-refractivity contribution in [2.75, 3.05) is 13.7 Å². The van der Waals surface area contributed by atoms with E-state index in [9.17, 15) is 9.59 Å². The van der Waals surface area contributed by atoms with Gasteiger partial charge in [0.25, 0.3) is 5.56 Å². The van der Waals surface area contributed by atoms with Gasteiger partial charge < -0.3 is 13.9 Å². The summed E-state index contributed by atoms with van der Waals surface area (Å²) in [7, 11) is 1.59. The number of benzene rings is 1. The minimum absolute atomic E-state index is 0.229. The zero-order chi connectivity index (χ0) is 22.1. The van der Waals surface area contributed by atoms with Gasteiger partial charge in [-0.15, -0.1) is 0 Å². The van der Waals surface area contributed by atoms with Gasteiger partial charge in [0.1, 0.15) is 11.5 Å². The van der Waals surface area contributed by atoms with Crippen LogP contribution in [0.25, 0.3) is 6.08 Å². The Kier molecular flexibility index (Phi) is 6.15. The van der Waals surface area contributed by atoms with Crippen LogP contribution < -0.4 is 19.6 Å². The Balaban J connectivity index is 1.94. The van der Waals surface area contributed by atoms with Crippen LogP contribution in [0.5, 0.6) is 5.75 Å². The number of allylic oxidation sites excluding steroid dienone is 1. The average Bonchev–Trinajstić information content (AvgIpc) is 3.30. The Bertz CT molecular complexity index is 1350. The first-order valence-electron chi connectivity index (χ1n) is 9.52. The number of fused-ring (bicyclic) bond motifs is 1. The summed E-state index contributed by atoms with van der Waals surface area (Å²) in [4.78, 5) is 31.3. The van der Waals surface area contributed by atoms with Gasteiger partial charge in [-0.2, -0.15) is 0 Å². The average molecular weight is 550 g/mol. The highest BCUT2D eigenvalue weighted by atomic mass is 127. The normalized spacial score (nSPS) is 16.1. The van der Waals surface area contributed by atoms with E-state index in [2.05, 4.69) is 27.6 Å². The summed E-state index contributed by atoms with van der Waals surface area (Å²) in [5, 5.41) is 0. The first-order chi connectivity index (χ1) is 14.9. The molecule has 7 nitrogen and oxygen atoms in total. The Morgan fingerprint density at radius 1 is 1.29 bits per heavy atom. The number of rotatable bonds is 5. The summed E-state index contributed by atoms with van der Waals surface area (Å²) in [6.07, 6.45) is 1.69. The van der Waals surface area contributed by atoms with Crippen LogP contribution in [-0.2, 0) is 9.53 Å². The number of hydrogen-bond acceptors (Lipinski definition) is 7. The van der Waals surface area contributed by atoms with Gasteiger partial charge in [-0.3, -0.25) is 9.36 Å². The van der Waals surface area contributed by atoms with Gasteiger partial charge >= 0.3 is 5.97 Å². The maximum absolute atomic E-state index is 13.4. The molecule has 160 valence electrons. The lowest BCUT2D eigenvalue weighted by atomic mass is 9.96. The largest absolute Gasteiger partial charge is 0.497 e. The van der Waals surface area contributed by atoms with Crippen LogP contribution in [0.1, 0.15) is 31.2 Å². The Morgan fingerprint density at radius 2 is 2.03 bits per heavy atom. The predicted octanol–water partition coefficient (Wildman–Crippen LogP) is 3.00. The first-order valence-corrected chi connectivity index (χ1v) is 11.4. The summed E-state index contributed by atoms with van der Waals surface area (Å²) in [6, 6.07) is 10.3. The highest BCUT2D eigenvalue weighted by Crippen LogP contribution is 2.31. The van der Waals surface area contributed by atoms with Crippen molar-refractivity contribution in [2.45, 2.75) is 19.9 Å². The fourth-order valence-electron chi connectivity index (χ4n) is 3.43. The van der Waals surface area contributed by atoms with Crippen LogP contribution >= 0.6 is 33.9 Å². The van der Waals surface area contributed by atoms with Crippen molar-refractivity contribution in [1.29, 1.82) is 0 Å². The van der Waals surface area contributed by atoms with Crippen LogP contribution in [0, 0.1) is 3.77 Å². The van der Waals surface area contributed by atoms with Gasteiger partial charge in [0.2, 0.25) is 0 Å². The second-order valence-electron chi connectivity index (χ2n) is 6.72. The van der Waals surface area contributed by atoms with E-state index in [-0.39, 0.29) is 12.2 Å². The molecule has 0 fully saturated rings. The number of furan rings is 1. The highest BCUT2D eigenvalue weighted by Gasteiger charge is 2.33. The van der Waals surface area contributed by atoms with Crippen molar-refractivity contribution in [3.8, 4) is 5.75 Å². The molecule has 1 aliphatic heterocycles. The van der Waals surface area contributed by atoms with E-state index in [1.807, 2.05) is 18.2 Å². The molecular formula is C22H19IN2O5S. The minimum Gasteiger partial charge on any atom is -0.497 e. The zero-order valence-electron chi connectivity index (χ0n) is 17.0. The van der Waals surface area contributed by atoms with Crippen LogP contribution in [0.15, 0.2) is 61.9 Å². The lowest BCUT2D eigenvalue weighted by Gasteiger charge is -2.24. The van der Waals surface area contributed by atoms with Gasteiger partial charge in [0.15, 0.2) is 8.57 Å². The van der Waals surface area contributed by atoms with Gasteiger partial charge in [-0.05, 0) is 66.3 Å². The molecule has 31 heavy (non-hydrogen) atoms. The second kappa shape index (κ2) is 8.83. The topological polar surface area (TPSA) is 83.0 Å². The molecule has 0 aliphatic carbocycles. The predicted molar refractivity (Wildman–Crippen MR) is 125 cm³/mol. The molecule has 0 saturated heterocycles. The van der Waals surface area contributed by atoms with Gasteiger partial charge in [-0.25, -0.2) is 9.79 Å². The third-order valence-electron chi connectivity index (χ3n) is 4.82. The fraction of sp³-hybridized carbons (Fsp3) is 0.227. The highest BCUT2D eigenvalue weighted by molar-refractivity contribution is 14.1. The van der Waals surface area contributed by atoms with Crippen molar-refractivity contribution in [3.63, 3.8) is 0 Å². The summed E-state index contributed by atoms with van der Waals surface area (Å²) >= 11 is 3.33. The van der Waals surface area contributed by atoms with E-state index in [1.54, 1.807) is 49.8 Å². The monoisotopic (exact) mass is 550 g/mol. The number of nitrogens with zero attached hydrogens (tertiary/aromatic N) is 2. The number of thiazole rings is 1. The Labute approximate surface area is 195 Å². The number of carbonyl (C=O) groups excluding carboxylic acids is 1. The van der Waals surface area contributed by atoms with E-state index in [0.29, 0.717) is 32.1 Å². The third-order valence-corrected chi connectivity index (χ3v) is 6.38. The van der Waals surface area contributed by atoms with Crippen LogP contribution in [0.2, 0.25) is 0 Å². The molecule has 1 aliphatic rings. The SMILES string of the molecule is CCOC(=O)C1=C(C)N=c2sc(=Cc3ccc(I)o3)c(=O)n2C1c1ccc(OC)cc1. The molecule has 3 heterocycles. The molecule has 9 heteroatoms. The van der Waals surface area contributed by atoms with Crippen molar-refractivity contribution < 1.29 is 18.7 Å². The molecule has 4 rings (SSSR count). The number of halogens is 1. The number of carbonyl (C=O) groups is 1. The maximum atomic E-state index is 13.4. The summed E-state index contributed by atoms with van der Waals surface area (Å²) in [5.74, 6) is 0.776. The van der Waals surface area contributed by atoms with Gasteiger partial charge in [0, 0.05) is 6.08 Å². The van der Waals surface area contributed by atoms with Crippen molar-refractivity contribution >= 4 is 46.0 Å². The quantitative estimate of drug-likeness (QED) is 0.361. The zero-order valence-corrected chi connectivity index (χ0v) is 20.0. The molecule has 3 aromatic rings. The van der Waals surface area contributed by atoms with Crippen LogP contribution in [0.3, 0.4) is 0 Å². The van der Waals surface area contributed by atoms with Crippen LogP contribution in [0.4, 0.5) is 0 Å². The number of hydrogen-bond donors (Lipinski definition) is 0. The lowest BCUT2D eigenvalue weighted by Crippen LogP contribution is -2.39. The second-order valence-corrected chi connectivity index (χ2v) is 8.79.